The van der Waals surface area contributed by atoms with Gasteiger partial charge in [0.05, 0.1) is 0 Å². The monoisotopic (exact) mass is 534 g/mol. The molecule has 1 aliphatic heterocycles. The molecule has 134 valence electrons. The first-order valence-electron chi connectivity index (χ1n) is 8.99. The van der Waals surface area contributed by atoms with E-state index in [2.05, 4.69) is 79.5 Å². The van der Waals surface area contributed by atoms with Crippen LogP contribution in [0.2, 0.25) is 0 Å². The van der Waals surface area contributed by atoms with E-state index in [1.54, 1.807) is 0 Å². The minimum absolute atomic E-state index is 0.134. The number of nitrogens with zero attached hydrogens (tertiary/aromatic N) is 1. The van der Waals surface area contributed by atoms with Crippen LogP contribution < -0.4 is 11.9 Å². The average Bonchev–Trinajstić information content (AvgIpc) is 2.57. The first-order valence-corrected chi connectivity index (χ1v) is 13.9. The summed E-state index contributed by atoms with van der Waals surface area (Å²) in [6, 6.07) is 17.9. The van der Waals surface area contributed by atoms with E-state index in [4.69, 9.17) is 2.81 Å². The van der Waals surface area contributed by atoms with E-state index in [1.807, 2.05) is 7.05 Å². The molecule has 0 spiro atoms. The number of benzene rings is 2. The zero-order valence-electron chi connectivity index (χ0n) is 15.7. The number of hydrogen-bond donors (Lipinski definition) is 1. The fraction of sp³-hybridized carbons (Fsp3) is 0.429. The Morgan fingerprint density at radius 3 is 1.96 bits per heavy atom. The fourth-order valence-corrected chi connectivity index (χ4v) is 11.2. The van der Waals surface area contributed by atoms with E-state index in [0.29, 0.717) is 0 Å². The molecule has 0 radical (unpaired) electrons. The molecule has 0 amide bonds. The summed E-state index contributed by atoms with van der Waals surface area (Å²) in [6.07, 6.45) is 0. The topological polar surface area (TPSA) is 24.5 Å². The third-order valence-corrected chi connectivity index (χ3v) is 13.2. The molecule has 4 heteroatoms. The van der Waals surface area contributed by atoms with Crippen LogP contribution in [0.25, 0.3) is 0 Å². The normalized spacial score (nSPS) is 16.0. The number of likely N-dealkylation sites (N-methyl/N-ethyl adjacent to an activating group) is 1. The Balaban J connectivity index is 2.07. The van der Waals surface area contributed by atoms with Crippen molar-refractivity contribution in [2.75, 3.05) is 20.2 Å². The van der Waals surface area contributed by atoms with Gasteiger partial charge in [0.25, 0.3) is 0 Å². The van der Waals surface area contributed by atoms with Crippen molar-refractivity contribution in [1.29, 1.82) is 0 Å². The summed E-state index contributed by atoms with van der Waals surface area (Å²) in [5.74, 6) is 0. The zero-order chi connectivity index (χ0) is 17.9. The Hall–Kier alpha value is -0.797. The van der Waals surface area contributed by atoms with Gasteiger partial charge in [0.1, 0.15) is 0 Å². The zero-order valence-corrected chi connectivity index (χ0v) is 19.2. The van der Waals surface area contributed by atoms with Gasteiger partial charge in [-0.3, -0.25) is 0 Å². The van der Waals surface area contributed by atoms with Gasteiger partial charge in [-0.2, -0.15) is 0 Å². The molecule has 2 aromatic carbocycles. The first kappa shape index (κ1) is 19.0. The molecule has 1 aliphatic rings. The van der Waals surface area contributed by atoms with Crippen LogP contribution in [0.4, 0.5) is 0 Å². The predicted octanol–water partition coefficient (Wildman–Crippen LogP) is 2.14. The van der Waals surface area contributed by atoms with Gasteiger partial charge in [0.15, 0.2) is 0 Å². The van der Waals surface area contributed by atoms with Crippen molar-refractivity contribution in [2.45, 2.75) is 39.4 Å². The van der Waals surface area contributed by atoms with Crippen LogP contribution in [0, 0.1) is 0 Å². The van der Waals surface area contributed by atoms with Gasteiger partial charge in [0.2, 0.25) is 0 Å². The Kier molecular flexibility index (Phi) is 6.27. The maximum atomic E-state index is 6.56. The van der Waals surface area contributed by atoms with Crippen molar-refractivity contribution in [3.05, 3.63) is 59.7 Å². The molecular weight excluding hydrogens is 505 g/mol. The Morgan fingerprint density at radius 1 is 0.960 bits per heavy atom. The summed E-state index contributed by atoms with van der Waals surface area (Å²) in [6.45, 7) is 10.6. The Bertz CT molecular complexity index is 662. The molecule has 0 unspecified atom stereocenters. The number of fused-ring (bicyclic) bond motifs is 2. The molecule has 0 aromatic heterocycles. The van der Waals surface area contributed by atoms with Crippen LogP contribution in [0.1, 0.15) is 31.9 Å². The van der Waals surface area contributed by atoms with E-state index in [9.17, 15) is 0 Å². The number of rotatable bonds is 4. The summed E-state index contributed by atoms with van der Waals surface area (Å²) in [5.41, 5.74) is 3.04. The molecule has 25 heavy (non-hydrogen) atoms. The van der Waals surface area contributed by atoms with Crippen molar-refractivity contribution in [3.8, 4) is 0 Å². The second kappa shape index (κ2) is 8.26. The summed E-state index contributed by atoms with van der Waals surface area (Å²) in [7, 11) is 1.99. The van der Waals surface area contributed by atoms with Crippen molar-refractivity contribution in [3.63, 3.8) is 0 Å². The van der Waals surface area contributed by atoms with Crippen LogP contribution in [0.3, 0.4) is 0 Å². The summed E-state index contributed by atoms with van der Waals surface area (Å²) < 4.78 is 9.55. The van der Waals surface area contributed by atoms with Gasteiger partial charge in [-0.25, -0.2) is 0 Å². The van der Waals surface area contributed by atoms with Crippen LogP contribution in [-0.4, -0.2) is 52.8 Å². The van der Waals surface area contributed by atoms with E-state index < -0.39 is 22.2 Å². The van der Waals surface area contributed by atoms with Gasteiger partial charge in [0, 0.05) is 0 Å². The van der Waals surface area contributed by atoms with Crippen molar-refractivity contribution in [2.24, 2.45) is 0 Å². The van der Waals surface area contributed by atoms with E-state index in [0.717, 1.165) is 26.2 Å². The van der Waals surface area contributed by atoms with Gasteiger partial charge < -0.3 is 0 Å². The van der Waals surface area contributed by atoms with Crippen LogP contribution >= 0.6 is 0 Å². The molecule has 0 saturated carbocycles. The fourth-order valence-electron chi connectivity index (χ4n) is 3.13. The average molecular weight is 534 g/mol. The van der Waals surface area contributed by atoms with Crippen molar-refractivity contribution >= 4 is 28.7 Å². The third-order valence-electron chi connectivity index (χ3n) is 4.66. The maximum absolute atomic E-state index is 6.56. The van der Waals surface area contributed by atoms with Crippen molar-refractivity contribution in [1.82, 2.24) is 10.2 Å². The molecule has 0 aliphatic carbocycles. The molecule has 1 N–H and O–H groups in total. The summed E-state index contributed by atoms with van der Waals surface area (Å²) >= 11 is -2.46. The second-order valence-electron chi connectivity index (χ2n) is 7.52. The standard InChI is InChI=1S/C18H21N.C3H8NO.Bi/c1-18(2,3)19(14-16-10-6-4-7-11-16)15-17-12-8-5-9-13-17;1-4-2-3-5;/h4-10,12H,14-15H2,1-3H3;4H,2-3H2,1H3;/q;-1;+1. The van der Waals surface area contributed by atoms with Crippen LogP contribution in [0.15, 0.2) is 48.5 Å². The van der Waals surface area contributed by atoms with Gasteiger partial charge in [-0.15, -0.1) is 0 Å². The minimum atomic E-state index is -2.46. The van der Waals surface area contributed by atoms with Crippen molar-refractivity contribution < 1.29 is 2.81 Å². The molecule has 0 bridgehead atoms. The van der Waals surface area contributed by atoms with E-state index >= 15 is 0 Å². The molecular formula is C21H29BiN2O. The van der Waals surface area contributed by atoms with Gasteiger partial charge in [-0.05, 0) is 0 Å². The first-order chi connectivity index (χ1) is 12.0. The van der Waals surface area contributed by atoms with E-state index in [-0.39, 0.29) is 5.54 Å². The molecule has 0 saturated heterocycles. The third kappa shape index (κ3) is 4.49. The molecule has 3 rings (SSSR count). The molecule has 3 nitrogen and oxygen atoms in total. The number of nitrogens with one attached hydrogen (secondary N) is 1. The Morgan fingerprint density at radius 2 is 1.48 bits per heavy atom. The molecule has 0 fully saturated rings. The second-order valence-corrected chi connectivity index (χ2v) is 14.6. The molecule has 0 atom stereocenters. The van der Waals surface area contributed by atoms with Crippen LogP contribution in [-0.2, 0) is 15.9 Å². The Labute approximate surface area is 160 Å². The predicted molar refractivity (Wildman–Crippen MR) is 107 cm³/mol. The number of hydrogen-bond acceptors (Lipinski definition) is 3. The van der Waals surface area contributed by atoms with E-state index in [1.165, 1.54) is 17.7 Å². The molecule has 1 heterocycles. The van der Waals surface area contributed by atoms with Crippen LogP contribution in [0.5, 0.6) is 0 Å². The SMILES string of the molecule is CNCC[O][Bi]1[c]2ccccc2CN(C(C)(C)C)Cc2cccc[c]21. The molecule has 2 aromatic rings. The summed E-state index contributed by atoms with van der Waals surface area (Å²) in [5, 5.41) is 3.21. The quantitative estimate of drug-likeness (QED) is 0.481. The van der Waals surface area contributed by atoms with Gasteiger partial charge in [-0.1, -0.05) is 0 Å². The summed E-state index contributed by atoms with van der Waals surface area (Å²) in [4.78, 5) is 2.58. The van der Waals surface area contributed by atoms with Gasteiger partial charge >= 0.3 is 161 Å².